The van der Waals surface area contributed by atoms with Gasteiger partial charge in [0.15, 0.2) is 11.6 Å². The van der Waals surface area contributed by atoms with E-state index in [1.165, 1.54) is 6.07 Å². The number of nitrogens with one attached hydrogen (secondary N) is 2. The fourth-order valence-electron chi connectivity index (χ4n) is 2.17. The lowest BCUT2D eigenvalue weighted by Gasteiger charge is -2.12. The van der Waals surface area contributed by atoms with E-state index in [0.717, 1.165) is 23.1 Å². The minimum atomic E-state index is -0.379. The Bertz CT molecular complexity index is 541. The molecular weight excluding hydrogens is 259 g/mol. The third-order valence-electron chi connectivity index (χ3n) is 3.16. The van der Waals surface area contributed by atoms with Gasteiger partial charge in [0, 0.05) is 5.70 Å². The Morgan fingerprint density at radius 1 is 1.45 bits per heavy atom. The van der Waals surface area contributed by atoms with Gasteiger partial charge in [-0.25, -0.2) is 9.82 Å². The summed E-state index contributed by atoms with van der Waals surface area (Å²) in [4.78, 5) is 11.0. The summed E-state index contributed by atoms with van der Waals surface area (Å²) in [6, 6.07) is 4.55. The van der Waals surface area contributed by atoms with Gasteiger partial charge >= 0.3 is 0 Å². The summed E-state index contributed by atoms with van der Waals surface area (Å²) in [5.74, 6) is -0.125. The first-order valence-corrected chi connectivity index (χ1v) is 6.63. The molecule has 0 saturated heterocycles. The Balaban J connectivity index is 2.16. The van der Waals surface area contributed by atoms with E-state index in [4.69, 9.17) is 4.74 Å². The number of carbonyl (C=O) groups is 1. The smallest absolute Gasteiger partial charge is 0.165 e. The summed E-state index contributed by atoms with van der Waals surface area (Å²) in [5, 5.41) is 0. The van der Waals surface area contributed by atoms with Crippen LogP contribution in [0.25, 0.3) is 0 Å². The van der Waals surface area contributed by atoms with E-state index in [9.17, 15) is 9.18 Å². The summed E-state index contributed by atoms with van der Waals surface area (Å²) in [6.45, 7) is 5.59. The molecule has 1 aliphatic heterocycles. The van der Waals surface area contributed by atoms with Crippen LogP contribution in [-0.4, -0.2) is 18.4 Å². The molecule has 1 atom stereocenters. The van der Waals surface area contributed by atoms with Crippen LogP contribution in [0.3, 0.4) is 0 Å². The van der Waals surface area contributed by atoms with Crippen molar-refractivity contribution >= 4 is 6.29 Å². The van der Waals surface area contributed by atoms with Crippen molar-refractivity contribution in [2.24, 2.45) is 0 Å². The highest BCUT2D eigenvalue weighted by atomic mass is 19.1. The SMILES string of the molecule is CC1=C(Cc2ccc(OC(C)C)c(F)c2)C(C=O)NN1. The molecule has 0 radical (unpaired) electrons. The maximum absolute atomic E-state index is 13.9. The third kappa shape index (κ3) is 3.17. The molecule has 1 aromatic carbocycles. The molecule has 0 bridgehead atoms. The molecular formula is C15H19FN2O2. The molecule has 5 heteroatoms. The van der Waals surface area contributed by atoms with E-state index < -0.39 is 0 Å². The number of allylic oxidation sites excluding steroid dienone is 1. The average Bonchev–Trinajstić information content (AvgIpc) is 2.73. The van der Waals surface area contributed by atoms with Gasteiger partial charge in [-0.3, -0.25) is 0 Å². The second kappa shape index (κ2) is 6.05. The Kier molecular flexibility index (Phi) is 4.39. The van der Waals surface area contributed by atoms with Crippen LogP contribution >= 0.6 is 0 Å². The van der Waals surface area contributed by atoms with Gasteiger partial charge in [-0.2, -0.15) is 0 Å². The number of hydrogen-bond acceptors (Lipinski definition) is 4. The zero-order valence-electron chi connectivity index (χ0n) is 11.9. The molecule has 2 rings (SSSR count). The summed E-state index contributed by atoms with van der Waals surface area (Å²) < 4.78 is 19.3. The maximum atomic E-state index is 13.9. The number of hydrazine groups is 1. The molecule has 0 fully saturated rings. The monoisotopic (exact) mass is 278 g/mol. The molecule has 0 saturated carbocycles. The van der Waals surface area contributed by atoms with Crippen molar-refractivity contribution in [2.75, 3.05) is 0 Å². The topological polar surface area (TPSA) is 50.4 Å². The van der Waals surface area contributed by atoms with Crippen molar-refractivity contribution < 1.29 is 13.9 Å². The number of halogens is 1. The van der Waals surface area contributed by atoms with Crippen molar-refractivity contribution in [3.8, 4) is 5.75 Å². The molecule has 108 valence electrons. The molecule has 0 aliphatic carbocycles. The first-order valence-electron chi connectivity index (χ1n) is 6.63. The quantitative estimate of drug-likeness (QED) is 0.810. The fourth-order valence-corrected chi connectivity index (χ4v) is 2.17. The van der Waals surface area contributed by atoms with Crippen LogP contribution in [0, 0.1) is 5.82 Å². The molecule has 0 aromatic heterocycles. The molecule has 1 aliphatic rings. The second-order valence-electron chi connectivity index (χ2n) is 5.14. The number of carbonyl (C=O) groups excluding carboxylic acids is 1. The van der Waals surface area contributed by atoms with Gasteiger partial charge in [-0.1, -0.05) is 6.07 Å². The molecule has 4 nitrogen and oxygen atoms in total. The Hall–Kier alpha value is -1.88. The first-order chi connectivity index (χ1) is 9.51. The van der Waals surface area contributed by atoms with Crippen LogP contribution in [0.15, 0.2) is 29.5 Å². The molecule has 20 heavy (non-hydrogen) atoms. The van der Waals surface area contributed by atoms with Gasteiger partial charge in [0.25, 0.3) is 0 Å². The lowest BCUT2D eigenvalue weighted by Crippen LogP contribution is -2.33. The van der Waals surface area contributed by atoms with E-state index in [0.29, 0.717) is 6.42 Å². The zero-order valence-corrected chi connectivity index (χ0v) is 11.9. The highest BCUT2D eigenvalue weighted by molar-refractivity contribution is 5.65. The molecule has 0 spiro atoms. The van der Waals surface area contributed by atoms with Gasteiger partial charge in [0.2, 0.25) is 0 Å². The van der Waals surface area contributed by atoms with Gasteiger partial charge in [0.1, 0.15) is 12.3 Å². The van der Waals surface area contributed by atoms with Gasteiger partial charge < -0.3 is 15.0 Å². The van der Waals surface area contributed by atoms with Crippen molar-refractivity contribution in [1.82, 2.24) is 10.9 Å². The number of aldehydes is 1. The van der Waals surface area contributed by atoms with E-state index in [2.05, 4.69) is 10.9 Å². The van der Waals surface area contributed by atoms with Crippen LogP contribution < -0.4 is 15.6 Å². The van der Waals surface area contributed by atoms with E-state index >= 15 is 0 Å². The van der Waals surface area contributed by atoms with Crippen LogP contribution in [0.4, 0.5) is 4.39 Å². The fraction of sp³-hybridized carbons (Fsp3) is 0.400. The van der Waals surface area contributed by atoms with Gasteiger partial charge in [-0.15, -0.1) is 0 Å². The molecule has 2 N–H and O–H groups in total. The number of hydrogen-bond donors (Lipinski definition) is 2. The lowest BCUT2D eigenvalue weighted by molar-refractivity contribution is -0.108. The van der Waals surface area contributed by atoms with E-state index in [1.807, 2.05) is 26.8 Å². The minimum absolute atomic E-state index is 0.0667. The minimum Gasteiger partial charge on any atom is -0.488 e. The Morgan fingerprint density at radius 3 is 2.80 bits per heavy atom. The zero-order chi connectivity index (χ0) is 14.7. The number of rotatable bonds is 5. The third-order valence-corrected chi connectivity index (χ3v) is 3.16. The first kappa shape index (κ1) is 14.5. The summed E-state index contributed by atoms with van der Waals surface area (Å²) in [5.41, 5.74) is 8.44. The number of ether oxygens (including phenoxy) is 1. The van der Waals surface area contributed by atoms with Crippen molar-refractivity contribution in [3.63, 3.8) is 0 Å². The average molecular weight is 278 g/mol. The Morgan fingerprint density at radius 2 is 2.20 bits per heavy atom. The Labute approximate surface area is 118 Å². The van der Waals surface area contributed by atoms with Crippen molar-refractivity contribution in [3.05, 3.63) is 40.8 Å². The van der Waals surface area contributed by atoms with Crippen molar-refractivity contribution in [2.45, 2.75) is 39.3 Å². The second-order valence-corrected chi connectivity index (χ2v) is 5.14. The normalized spacial score (nSPS) is 18.4. The highest BCUT2D eigenvalue weighted by Gasteiger charge is 2.22. The van der Waals surface area contributed by atoms with Crippen LogP contribution in [-0.2, 0) is 11.2 Å². The van der Waals surface area contributed by atoms with Crippen LogP contribution in [0.2, 0.25) is 0 Å². The van der Waals surface area contributed by atoms with Crippen LogP contribution in [0.5, 0.6) is 5.75 Å². The largest absolute Gasteiger partial charge is 0.488 e. The molecule has 1 unspecified atom stereocenters. The molecule has 1 heterocycles. The predicted molar refractivity (Wildman–Crippen MR) is 74.7 cm³/mol. The predicted octanol–water partition coefficient (Wildman–Crippen LogP) is 2.10. The summed E-state index contributed by atoms with van der Waals surface area (Å²) in [6.07, 6.45) is 1.29. The van der Waals surface area contributed by atoms with Gasteiger partial charge in [-0.05, 0) is 50.5 Å². The molecule has 1 aromatic rings. The summed E-state index contributed by atoms with van der Waals surface area (Å²) in [7, 11) is 0. The van der Waals surface area contributed by atoms with Crippen molar-refractivity contribution in [1.29, 1.82) is 0 Å². The van der Waals surface area contributed by atoms with Crippen LogP contribution in [0.1, 0.15) is 26.3 Å². The number of benzene rings is 1. The standard InChI is InChI=1S/C15H19FN2O2/c1-9(2)20-15-5-4-11(7-13(15)16)6-12-10(3)17-18-14(12)8-19/h4-5,7-9,14,17-18H,6H2,1-3H3. The van der Waals surface area contributed by atoms with Gasteiger partial charge in [0.05, 0.1) is 6.10 Å². The lowest BCUT2D eigenvalue weighted by atomic mass is 9.99. The highest BCUT2D eigenvalue weighted by Crippen LogP contribution is 2.23. The van der Waals surface area contributed by atoms with E-state index in [1.54, 1.807) is 6.07 Å². The molecule has 0 amide bonds. The van der Waals surface area contributed by atoms with E-state index in [-0.39, 0.29) is 23.7 Å². The summed E-state index contributed by atoms with van der Waals surface area (Å²) >= 11 is 0. The maximum Gasteiger partial charge on any atom is 0.165 e.